The summed E-state index contributed by atoms with van der Waals surface area (Å²) in [6.07, 6.45) is 3.88. The fraction of sp³-hybridized carbons (Fsp3) is 0.667. The highest BCUT2D eigenvalue weighted by molar-refractivity contribution is 5.29. The molecule has 0 bridgehead atoms. The lowest BCUT2D eigenvalue weighted by molar-refractivity contribution is -0.0148. The molecule has 1 aliphatic rings. The Balaban J connectivity index is 2.12. The smallest absolute Gasteiger partial charge is 0.118 e. The predicted molar refractivity (Wildman–Crippen MR) is 86.2 cm³/mol. The maximum Gasteiger partial charge on any atom is 0.118 e. The molecule has 0 saturated heterocycles. The van der Waals surface area contributed by atoms with Crippen molar-refractivity contribution in [1.82, 2.24) is 0 Å². The first-order chi connectivity index (χ1) is 10.0. The minimum Gasteiger partial charge on any atom is -0.497 e. The Morgan fingerprint density at radius 2 is 1.81 bits per heavy atom. The second-order valence-electron chi connectivity index (χ2n) is 6.82. The van der Waals surface area contributed by atoms with E-state index >= 15 is 0 Å². The SMILES string of the molecule is COc1ccc(C(O)C2(CN)CCC(C(C)C)CC2)cc1. The summed E-state index contributed by atoms with van der Waals surface area (Å²) in [5.74, 6) is 2.31. The number of nitrogens with two attached hydrogens (primary N) is 1. The molecular weight excluding hydrogens is 262 g/mol. The lowest BCUT2D eigenvalue weighted by Crippen LogP contribution is -2.40. The fourth-order valence-corrected chi connectivity index (χ4v) is 3.61. The molecule has 21 heavy (non-hydrogen) atoms. The Hall–Kier alpha value is -1.06. The number of aliphatic hydroxyl groups excluding tert-OH is 1. The minimum absolute atomic E-state index is 0.167. The molecule has 1 aromatic rings. The van der Waals surface area contributed by atoms with E-state index in [1.807, 2.05) is 24.3 Å². The van der Waals surface area contributed by atoms with Gasteiger partial charge in [-0.05, 0) is 55.2 Å². The lowest BCUT2D eigenvalue weighted by atomic mass is 9.64. The summed E-state index contributed by atoms with van der Waals surface area (Å²) in [4.78, 5) is 0. The number of ether oxygens (including phenoxy) is 1. The zero-order valence-corrected chi connectivity index (χ0v) is 13.5. The summed E-state index contributed by atoms with van der Waals surface area (Å²) in [5, 5.41) is 10.9. The number of benzene rings is 1. The first-order valence-corrected chi connectivity index (χ1v) is 8.04. The molecule has 1 aliphatic carbocycles. The highest BCUT2D eigenvalue weighted by Crippen LogP contribution is 2.48. The normalized spacial score (nSPS) is 27.6. The van der Waals surface area contributed by atoms with E-state index < -0.39 is 6.10 Å². The monoisotopic (exact) mass is 291 g/mol. The van der Waals surface area contributed by atoms with Crippen molar-refractivity contribution in [3.63, 3.8) is 0 Å². The molecule has 1 fully saturated rings. The minimum atomic E-state index is -0.485. The summed E-state index contributed by atoms with van der Waals surface area (Å²) < 4.78 is 5.18. The third-order valence-corrected chi connectivity index (χ3v) is 5.39. The number of hydrogen-bond acceptors (Lipinski definition) is 3. The van der Waals surface area contributed by atoms with Crippen molar-refractivity contribution in [2.45, 2.75) is 45.6 Å². The molecule has 118 valence electrons. The van der Waals surface area contributed by atoms with Crippen molar-refractivity contribution < 1.29 is 9.84 Å². The van der Waals surface area contributed by atoms with Gasteiger partial charge in [-0.2, -0.15) is 0 Å². The summed E-state index contributed by atoms with van der Waals surface area (Å²) >= 11 is 0. The molecule has 3 heteroatoms. The van der Waals surface area contributed by atoms with E-state index in [1.54, 1.807) is 7.11 Å². The molecule has 3 N–H and O–H groups in total. The van der Waals surface area contributed by atoms with Crippen LogP contribution in [0, 0.1) is 17.3 Å². The van der Waals surface area contributed by atoms with Crippen molar-refractivity contribution in [2.24, 2.45) is 23.0 Å². The van der Waals surface area contributed by atoms with Crippen LogP contribution in [0.3, 0.4) is 0 Å². The van der Waals surface area contributed by atoms with Gasteiger partial charge in [0.2, 0.25) is 0 Å². The number of aliphatic hydroxyl groups is 1. The predicted octanol–water partition coefficient (Wildman–Crippen LogP) is 3.52. The van der Waals surface area contributed by atoms with Gasteiger partial charge in [-0.25, -0.2) is 0 Å². The van der Waals surface area contributed by atoms with Gasteiger partial charge in [0.15, 0.2) is 0 Å². The molecule has 0 amide bonds. The molecule has 3 nitrogen and oxygen atoms in total. The Morgan fingerprint density at radius 1 is 1.24 bits per heavy atom. The summed E-state index contributed by atoms with van der Waals surface area (Å²) in [5.41, 5.74) is 6.85. The van der Waals surface area contributed by atoms with Gasteiger partial charge in [-0.3, -0.25) is 0 Å². The van der Waals surface area contributed by atoms with Gasteiger partial charge in [0.25, 0.3) is 0 Å². The second-order valence-corrected chi connectivity index (χ2v) is 6.82. The van der Waals surface area contributed by atoms with Gasteiger partial charge >= 0.3 is 0 Å². The third-order valence-electron chi connectivity index (χ3n) is 5.39. The highest BCUT2D eigenvalue weighted by atomic mass is 16.5. The highest BCUT2D eigenvalue weighted by Gasteiger charge is 2.41. The van der Waals surface area contributed by atoms with Gasteiger partial charge < -0.3 is 15.6 Å². The first kappa shape index (κ1) is 16.3. The molecule has 1 atom stereocenters. The maximum atomic E-state index is 10.9. The van der Waals surface area contributed by atoms with Crippen LogP contribution >= 0.6 is 0 Å². The molecule has 1 unspecified atom stereocenters. The Morgan fingerprint density at radius 3 is 2.24 bits per heavy atom. The average Bonchev–Trinajstić information content (AvgIpc) is 2.54. The molecule has 0 spiro atoms. The van der Waals surface area contributed by atoms with E-state index in [0.29, 0.717) is 6.54 Å². The van der Waals surface area contributed by atoms with Crippen molar-refractivity contribution in [3.05, 3.63) is 29.8 Å². The van der Waals surface area contributed by atoms with Crippen LogP contribution in [-0.4, -0.2) is 18.8 Å². The van der Waals surface area contributed by atoms with Crippen molar-refractivity contribution in [2.75, 3.05) is 13.7 Å². The van der Waals surface area contributed by atoms with Crippen molar-refractivity contribution in [1.29, 1.82) is 0 Å². The van der Waals surface area contributed by atoms with Crippen LogP contribution in [0.2, 0.25) is 0 Å². The van der Waals surface area contributed by atoms with E-state index in [9.17, 15) is 5.11 Å². The van der Waals surface area contributed by atoms with E-state index in [1.165, 1.54) is 12.8 Å². The Labute approximate surface area is 128 Å². The van der Waals surface area contributed by atoms with Crippen molar-refractivity contribution >= 4 is 0 Å². The summed E-state index contributed by atoms with van der Waals surface area (Å²) in [6, 6.07) is 7.72. The van der Waals surface area contributed by atoms with E-state index in [0.717, 1.165) is 36.0 Å². The molecule has 0 radical (unpaired) electrons. The second kappa shape index (κ2) is 6.80. The zero-order valence-electron chi connectivity index (χ0n) is 13.5. The average molecular weight is 291 g/mol. The third kappa shape index (κ3) is 3.41. The Bertz CT molecular complexity index is 433. The van der Waals surface area contributed by atoms with Gasteiger partial charge in [0.05, 0.1) is 13.2 Å². The van der Waals surface area contributed by atoms with Crippen LogP contribution in [0.25, 0.3) is 0 Å². The molecule has 0 heterocycles. The number of methoxy groups -OCH3 is 1. The molecular formula is C18H29NO2. The standard InChI is InChI=1S/C18H29NO2/c1-13(2)14-8-10-18(12-19,11-9-14)17(20)15-4-6-16(21-3)7-5-15/h4-7,13-14,17,20H,8-12,19H2,1-3H3. The Kier molecular flexibility index (Phi) is 5.28. The van der Waals surface area contributed by atoms with Crippen LogP contribution in [0.4, 0.5) is 0 Å². The summed E-state index contributed by atoms with van der Waals surface area (Å²) in [6.45, 7) is 5.13. The molecule has 1 aromatic carbocycles. The van der Waals surface area contributed by atoms with Gasteiger partial charge in [0.1, 0.15) is 5.75 Å². The fourth-order valence-electron chi connectivity index (χ4n) is 3.61. The van der Waals surface area contributed by atoms with Gasteiger partial charge in [-0.15, -0.1) is 0 Å². The van der Waals surface area contributed by atoms with Crippen LogP contribution < -0.4 is 10.5 Å². The van der Waals surface area contributed by atoms with Crippen molar-refractivity contribution in [3.8, 4) is 5.75 Å². The van der Waals surface area contributed by atoms with Crippen LogP contribution in [-0.2, 0) is 0 Å². The summed E-state index contributed by atoms with van der Waals surface area (Å²) in [7, 11) is 1.65. The topological polar surface area (TPSA) is 55.5 Å². The molecule has 2 rings (SSSR count). The van der Waals surface area contributed by atoms with Crippen LogP contribution in [0.15, 0.2) is 24.3 Å². The van der Waals surface area contributed by atoms with Gasteiger partial charge in [0, 0.05) is 12.0 Å². The largest absolute Gasteiger partial charge is 0.497 e. The quantitative estimate of drug-likeness (QED) is 0.872. The van der Waals surface area contributed by atoms with E-state index in [4.69, 9.17) is 10.5 Å². The lowest BCUT2D eigenvalue weighted by Gasteiger charge is -2.44. The van der Waals surface area contributed by atoms with Crippen LogP contribution in [0.1, 0.15) is 51.2 Å². The first-order valence-electron chi connectivity index (χ1n) is 8.04. The van der Waals surface area contributed by atoms with Crippen LogP contribution in [0.5, 0.6) is 5.75 Å². The maximum absolute atomic E-state index is 10.9. The molecule has 1 saturated carbocycles. The molecule has 0 aromatic heterocycles. The van der Waals surface area contributed by atoms with E-state index in [2.05, 4.69) is 13.8 Å². The zero-order chi connectivity index (χ0) is 15.5. The number of rotatable bonds is 5. The van der Waals surface area contributed by atoms with Gasteiger partial charge in [-0.1, -0.05) is 26.0 Å². The molecule has 0 aliphatic heterocycles. The number of hydrogen-bond donors (Lipinski definition) is 2. The van der Waals surface area contributed by atoms with E-state index in [-0.39, 0.29) is 5.41 Å².